The second-order valence-electron chi connectivity index (χ2n) is 29.9. The molecule has 544 valence electrons. The Balaban J connectivity index is 0.000000212. The molecule has 2 unspecified atom stereocenters. The zero-order valence-electron chi connectivity index (χ0n) is 58.4. The largest absolute Gasteiger partial charge is 0.540 e. The predicted octanol–water partition coefficient (Wildman–Crippen LogP) is 12.1. The average molecular weight is 1470 g/mol. The summed E-state index contributed by atoms with van der Waals surface area (Å²) >= 11 is 0. The number of nitrogens with zero attached hydrogens (tertiary/aromatic N) is 6. The van der Waals surface area contributed by atoms with Gasteiger partial charge in [0.1, 0.15) is 35.4 Å². The summed E-state index contributed by atoms with van der Waals surface area (Å²) in [5.74, 6) is -9.59. The number of halogens is 4. The first-order valence-electron chi connectivity index (χ1n) is 35.7. The Labute approximate surface area is 606 Å². The van der Waals surface area contributed by atoms with Crippen LogP contribution in [0.4, 0.5) is 17.6 Å². The first-order valence-corrected chi connectivity index (χ1v) is 35.7. The van der Waals surface area contributed by atoms with Gasteiger partial charge in [0.25, 0.3) is 11.8 Å². The van der Waals surface area contributed by atoms with E-state index in [9.17, 15) is 28.8 Å². The summed E-state index contributed by atoms with van der Waals surface area (Å²) in [5, 5.41) is 0. The third kappa shape index (κ3) is 15.9. The van der Waals surface area contributed by atoms with Crippen LogP contribution in [0, 0.1) is 58.2 Å². The minimum atomic E-state index is -3.37. The van der Waals surface area contributed by atoms with E-state index in [2.05, 4.69) is 32.5 Å². The molecular formula is C74H94F4N6O14V2-2. The van der Waals surface area contributed by atoms with E-state index in [0.717, 1.165) is 25.7 Å². The van der Waals surface area contributed by atoms with Gasteiger partial charge in [0.2, 0.25) is 23.6 Å². The zero-order chi connectivity index (χ0) is 69.5. The monoisotopic (exact) mass is 1470 g/mol. The summed E-state index contributed by atoms with van der Waals surface area (Å²) in [7, 11) is 3.01. The SMILES string of the molecule is CC[C@@H]1[C@@H]2CN(C(=O)[C@H](C3(C)CCOCC3)CC(=O)O[C@@H]3CC4CC4[C@H]3CCCCC(F)(F)c3nc4ccc(OC)cc4nc3O2)[C@@H]1[C-]=O.CC[C@@H]1[C@@H]2CN(C(=O)[C@H](C3(C)CCOCC3)CC(=O)O[C@]3(C)CCC[C@H]3CCCCC(F)(F)c3nc4ccc(OC)cc4nc3O2)[C@@H]1[C-]=O.[V].[V]. The molecule has 0 N–H and O–H groups in total. The molecule has 2 aromatic carbocycles. The summed E-state index contributed by atoms with van der Waals surface area (Å²) in [6, 6.07) is 7.70. The molecule has 4 bridgehead atoms. The molecule has 7 fully saturated rings. The van der Waals surface area contributed by atoms with Crippen molar-refractivity contribution >= 4 is 58.4 Å². The molecular weight excluding hydrogens is 1370 g/mol. The van der Waals surface area contributed by atoms with Crippen LogP contribution in [-0.4, -0.2) is 156 Å². The normalized spacial score (nSPS) is 32.7. The van der Waals surface area contributed by atoms with Crippen molar-refractivity contribution in [3.8, 4) is 23.3 Å². The molecule has 13 rings (SSSR count). The second kappa shape index (κ2) is 31.7. The number of hydrogen-bond donors (Lipinski definition) is 0. The summed E-state index contributed by atoms with van der Waals surface area (Å²) in [6.45, 7) is 11.3. The molecule has 14 atom stereocenters. The third-order valence-corrected chi connectivity index (χ3v) is 24.0. The van der Waals surface area contributed by atoms with E-state index in [1.807, 2.05) is 34.6 Å². The van der Waals surface area contributed by atoms with Crippen LogP contribution in [0.25, 0.3) is 22.1 Å². The predicted molar refractivity (Wildman–Crippen MR) is 350 cm³/mol. The van der Waals surface area contributed by atoms with Crippen molar-refractivity contribution in [3.05, 3.63) is 47.8 Å². The van der Waals surface area contributed by atoms with E-state index in [1.54, 1.807) is 36.4 Å². The maximum Gasteiger partial charge on any atom is 0.307 e. The third-order valence-electron chi connectivity index (χ3n) is 24.0. The molecule has 0 spiro atoms. The Morgan fingerprint density at radius 2 is 1.00 bits per heavy atom. The summed E-state index contributed by atoms with van der Waals surface area (Å²) < 4.78 is 112. The fourth-order valence-corrected chi connectivity index (χ4v) is 17.7. The van der Waals surface area contributed by atoms with E-state index in [0.29, 0.717) is 131 Å². The van der Waals surface area contributed by atoms with E-state index in [-0.39, 0.29) is 128 Å². The quantitative estimate of drug-likeness (QED) is 0.0906. The van der Waals surface area contributed by atoms with E-state index >= 15 is 17.6 Å². The smallest absolute Gasteiger partial charge is 0.307 e. The van der Waals surface area contributed by atoms with Crippen molar-refractivity contribution in [2.45, 2.75) is 217 Å². The van der Waals surface area contributed by atoms with E-state index < -0.39 is 112 Å². The fraction of sp³-hybridized carbons (Fsp3) is 0.703. The van der Waals surface area contributed by atoms with E-state index in [4.69, 9.17) is 37.9 Å². The number of hydrogen-bond acceptors (Lipinski definition) is 18. The van der Waals surface area contributed by atoms with Gasteiger partial charge in [-0.3, -0.25) is 19.2 Å². The molecule has 9 aliphatic rings. The van der Waals surface area contributed by atoms with Crippen LogP contribution >= 0.6 is 0 Å². The molecule has 4 saturated heterocycles. The topological polar surface area (TPSA) is 234 Å². The molecule has 3 aliphatic carbocycles. The molecule has 6 aliphatic heterocycles. The number of rotatable bonds is 8. The average Bonchev–Trinajstić information content (AvgIpc) is 1.55. The Hall–Kier alpha value is -5.65. The van der Waals surface area contributed by atoms with Gasteiger partial charge in [-0.25, -0.2) is 32.5 Å². The van der Waals surface area contributed by atoms with Gasteiger partial charge >= 0.3 is 11.9 Å². The number of carbonyl (C=O) groups excluding carboxylic acids is 6. The zero-order valence-corrected chi connectivity index (χ0v) is 61.2. The van der Waals surface area contributed by atoms with Crippen molar-refractivity contribution in [2.75, 3.05) is 53.7 Å². The van der Waals surface area contributed by atoms with Gasteiger partial charge in [-0.15, -0.1) is 0 Å². The number of amides is 2. The standard InChI is InChI=1S/C37H46F2N3O7.C37H48F2N3O7.2V/c1-4-23-29(20-43)42-19-31(23)49-34-33(40-27-9-8-22(46-3)17-28(27)41-34)37(38,39)10-6-5-7-24-25-15-21(25)16-30(24)48-32(44)18-26(35(42)45)36(2)11-13-47-14-12-36;1-5-25-29(22-43)42-21-30(25)48-33-32(40-27-12-11-24(46-4)19-28(27)41-33)37(38,39)14-7-6-9-23-10-8-13-36(23,3)49-31(44)20-26(34(42)45)35(2)15-17-47-18-16-35;;/h8-9,17,21,23-26,29-31H,4-7,10-16,18-19H2,1-3H3;11-12,19,23,25-26,29-30H,5-10,13-18,20-21H2,1-4H3;;/q2*-1;;/t21?,23-,24+,25?,26+,29+,30+,31-;23-,25+,26-,29-,30+,36-;;/m01../s1. The maximum atomic E-state index is 16.2. The maximum absolute atomic E-state index is 16.2. The number of carbonyl (C=O) groups is 4. The van der Waals surface area contributed by atoms with Gasteiger partial charge in [-0.1, -0.05) is 65.5 Å². The Morgan fingerprint density at radius 3 is 1.46 bits per heavy atom. The van der Waals surface area contributed by atoms with Gasteiger partial charge in [0.15, 0.2) is 11.4 Å². The summed E-state index contributed by atoms with van der Waals surface area (Å²) in [4.78, 5) is 103. The number of alkyl halides is 4. The van der Waals surface area contributed by atoms with Crippen LogP contribution < -0.4 is 18.9 Å². The first-order chi connectivity index (χ1) is 47.0. The van der Waals surface area contributed by atoms with Gasteiger partial charge in [-0.05, 0) is 161 Å². The van der Waals surface area contributed by atoms with Crippen LogP contribution in [0.3, 0.4) is 0 Å². The molecule has 2 radical (unpaired) electrons. The molecule has 2 aromatic heterocycles. The Morgan fingerprint density at radius 1 is 0.540 bits per heavy atom. The van der Waals surface area contributed by atoms with Crippen LogP contribution in [-0.2, 0) is 96.7 Å². The van der Waals surface area contributed by atoms with Crippen molar-refractivity contribution in [1.29, 1.82) is 0 Å². The second-order valence-corrected chi connectivity index (χ2v) is 29.9. The molecule has 20 nitrogen and oxygen atoms in total. The minimum Gasteiger partial charge on any atom is -0.540 e. The molecule has 100 heavy (non-hydrogen) atoms. The van der Waals surface area contributed by atoms with Crippen LogP contribution in [0.2, 0.25) is 0 Å². The van der Waals surface area contributed by atoms with Crippen LogP contribution in [0.1, 0.15) is 181 Å². The van der Waals surface area contributed by atoms with Crippen molar-refractivity contribution < 1.29 is 121 Å². The molecule has 2 amide bonds. The summed E-state index contributed by atoms with van der Waals surface area (Å²) in [6.07, 6.45) is 11.2. The van der Waals surface area contributed by atoms with Gasteiger partial charge in [0, 0.05) is 88.5 Å². The number of esters is 2. The Kier molecular flexibility index (Phi) is 24.4. The fourth-order valence-electron chi connectivity index (χ4n) is 17.7. The first kappa shape index (κ1) is 77.0. The number of benzene rings is 2. The number of aromatic nitrogens is 4. The number of ether oxygens (including phenoxy) is 8. The van der Waals surface area contributed by atoms with Crippen molar-refractivity contribution in [2.24, 2.45) is 58.2 Å². The summed E-state index contributed by atoms with van der Waals surface area (Å²) in [5.41, 5.74) is -1.82. The molecule has 3 saturated carbocycles. The van der Waals surface area contributed by atoms with Gasteiger partial charge < -0.3 is 57.3 Å². The van der Waals surface area contributed by atoms with Crippen molar-refractivity contribution in [3.63, 3.8) is 0 Å². The molecule has 26 heteroatoms. The minimum absolute atomic E-state index is 0. The van der Waals surface area contributed by atoms with Crippen LogP contribution in [0.5, 0.6) is 23.3 Å². The molecule has 4 aromatic rings. The van der Waals surface area contributed by atoms with Gasteiger partial charge in [-0.2, -0.15) is 17.6 Å². The van der Waals surface area contributed by atoms with Crippen LogP contribution in [0.15, 0.2) is 36.4 Å². The Bertz CT molecular complexity index is 3490. The van der Waals surface area contributed by atoms with Crippen molar-refractivity contribution in [1.82, 2.24) is 29.7 Å². The van der Waals surface area contributed by atoms with E-state index in [1.165, 1.54) is 24.0 Å². The van der Waals surface area contributed by atoms with Gasteiger partial charge in [0.05, 0.1) is 74.1 Å². The number of fused-ring (bicyclic) bond motifs is 12. The number of methoxy groups -OCH3 is 2. The molecule has 8 heterocycles.